The summed E-state index contributed by atoms with van der Waals surface area (Å²) in [6.07, 6.45) is 0.324. The largest absolute Gasteiger partial charge is 0.453 e. The van der Waals surface area contributed by atoms with Crippen LogP contribution in [0.4, 0.5) is 9.93 Å². The summed E-state index contributed by atoms with van der Waals surface area (Å²) in [4.78, 5) is 31.3. The molecular formula is C19H23N3O3S. The summed E-state index contributed by atoms with van der Waals surface area (Å²) in [6.45, 7) is 7.46. The molecule has 0 spiro atoms. The highest BCUT2D eigenvalue weighted by molar-refractivity contribution is 7.15. The van der Waals surface area contributed by atoms with Gasteiger partial charge in [0.2, 0.25) is 0 Å². The zero-order chi connectivity index (χ0) is 18.9. The highest BCUT2D eigenvalue weighted by Crippen LogP contribution is 2.29. The second-order valence-electron chi connectivity index (χ2n) is 7.31. The molecule has 0 aliphatic carbocycles. The molecule has 0 fully saturated rings. The normalized spacial score (nSPS) is 13.9. The van der Waals surface area contributed by atoms with Gasteiger partial charge < -0.3 is 9.64 Å². The minimum atomic E-state index is -0.339. The van der Waals surface area contributed by atoms with Crippen molar-refractivity contribution in [2.24, 2.45) is 0 Å². The smallest absolute Gasteiger partial charge is 0.409 e. The summed E-state index contributed by atoms with van der Waals surface area (Å²) in [5.41, 5.74) is 2.77. The van der Waals surface area contributed by atoms with E-state index in [4.69, 9.17) is 4.74 Å². The molecule has 1 aliphatic rings. The Morgan fingerprint density at radius 1 is 1.23 bits per heavy atom. The zero-order valence-electron chi connectivity index (χ0n) is 15.5. The number of fused-ring (bicyclic) bond motifs is 1. The van der Waals surface area contributed by atoms with Crippen molar-refractivity contribution < 1.29 is 14.3 Å². The summed E-state index contributed by atoms with van der Waals surface area (Å²) < 4.78 is 4.77. The quantitative estimate of drug-likeness (QED) is 0.869. The van der Waals surface area contributed by atoms with E-state index < -0.39 is 0 Å². The van der Waals surface area contributed by atoms with E-state index >= 15 is 0 Å². The van der Waals surface area contributed by atoms with E-state index in [-0.39, 0.29) is 17.4 Å². The first-order chi connectivity index (χ1) is 12.3. The Labute approximate surface area is 157 Å². The van der Waals surface area contributed by atoms with Crippen molar-refractivity contribution in [3.05, 3.63) is 46.0 Å². The van der Waals surface area contributed by atoms with E-state index in [1.54, 1.807) is 4.90 Å². The number of carbonyl (C=O) groups is 2. The van der Waals surface area contributed by atoms with Crippen molar-refractivity contribution in [2.75, 3.05) is 19.0 Å². The first-order valence-electron chi connectivity index (χ1n) is 8.51. The van der Waals surface area contributed by atoms with Crippen LogP contribution in [-0.4, -0.2) is 35.5 Å². The second kappa shape index (κ2) is 7.07. The Morgan fingerprint density at radius 3 is 2.54 bits per heavy atom. The molecule has 1 N–H and O–H groups in total. The molecule has 6 nitrogen and oxygen atoms in total. The number of methoxy groups -OCH3 is 1. The molecule has 3 rings (SSSR count). The highest BCUT2D eigenvalue weighted by atomic mass is 32.1. The van der Waals surface area contributed by atoms with E-state index in [2.05, 4.69) is 31.1 Å². The van der Waals surface area contributed by atoms with Gasteiger partial charge in [-0.2, -0.15) is 0 Å². The number of aromatic nitrogens is 1. The molecule has 2 amide bonds. The predicted molar refractivity (Wildman–Crippen MR) is 102 cm³/mol. The van der Waals surface area contributed by atoms with E-state index in [0.717, 1.165) is 10.6 Å². The lowest BCUT2D eigenvalue weighted by Gasteiger charge is -2.24. The molecule has 1 aromatic carbocycles. The number of ether oxygens (including phenoxy) is 1. The number of nitrogens with zero attached hydrogens (tertiary/aromatic N) is 2. The Balaban J connectivity index is 1.69. The van der Waals surface area contributed by atoms with Gasteiger partial charge in [-0.3, -0.25) is 10.1 Å². The number of amides is 2. The van der Waals surface area contributed by atoms with Crippen LogP contribution in [-0.2, 0) is 23.1 Å². The van der Waals surface area contributed by atoms with Crippen LogP contribution in [0.25, 0.3) is 0 Å². The van der Waals surface area contributed by atoms with Gasteiger partial charge in [0, 0.05) is 23.4 Å². The maximum atomic E-state index is 12.5. The fourth-order valence-corrected chi connectivity index (χ4v) is 3.84. The first kappa shape index (κ1) is 18.4. The van der Waals surface area contributed by atoms with Crippen LogP contribution in [0.2, 0.25) is 0 Å². The standard InChI is InChI=1S/C19H23N3O3S/c1-19(2,3)13-7-5-12(6-8-13)16(23)21-17-20-14-9-10-22(18(24)25-4)11-15(14)26-17/h5-8H,9-11H2,1-4H3,(H,20,21,23). The number of rotatable bonds is 2. The number of anilines is 1. The number of carbonyl (C=O) groups excluding carboxylic acids is 2. The van der Waals surface area contributed by atoms with Gasteiger partial charge in [-0.15, -0.1) is 0 Å². The molecule has 7 heteroatoms. The Morgan fingerprint density at radius 2 is 1.92 bits per heavy atom. The van der Waals surface area contributed by atoms with E-state index in [0.29, 0.717) is 30.2 Å². The molecule has 0 saturated heterocycles. The third-order valence-electron chi connectivity index (χ3n) is 4.40. The maximum absolute atomic E-state index is 12.5. The lowest BCUT2D eigenvalue weighted by atomic mass is 9.87. The molecule has 0 unspecified atom stereocenters. The topological polar surface area (TPSA) is 71.5 Å². The maximum Gasteiger partial charge on any atom is 0.409 e. The lowest BCUT2D eigenvalue weighted by Crippen LogP contribution is -2.35. The molecule has 0 atom stereocenters. The van der Waals surface area contributed by atoms with Crippen molar-refractivity contribution in [3.63, 3.8) is 0 Å². The molecule has 0 bridgehead atoms. The molecular weight excluding hydrogens is 350 g/mol. The van der Waals surface area contributed by atoms with Crippen molar-refractivity contribution in [1.82, 2.24) is 9.88 Å². The Kier molecular flexibility index (Phi) is 5.00. The van der Waals surface area contributed by atoms with Crippen LogP contribution in [0, 0.1) is 0 Å². The van der Waals surface area contributed by atoms with Gasteiger partial charge in [0.1, 0.15) is 0 Å². The minimum absolute atomic E-state index is 0.0505. The molecule has 138 valence electrons. The number of hydrogen-bond donors (Lipinski definition) is 1. The van der Waals surface area contributed by atoms with Gasteiger partial charge >= 0.3 is 6.09 Å². The number of nitrogens with one attached hydrogen (secondary N) is 1. The predicted octanol–water partition coefficient (Wildman–Crippen LogP) is 3.82. The molecule has 1 aromatic heterocycles. The molecule has 26 heavy (non-hydrogen) atoms. The molecule has 2 aromatic rings. The van der Waals surface area contributed by atoms with Crippen LogP contribution in [0.3, 0.4) is 0 Å². The van der Waals surface area contributed by atoms with Gasteiger partial charge in [-0.25, -0.2) is 9.78 Å². The third kappa shape index (κ3) is 3.88. The molecule has 2 heterocycles. The van der Waals surface area contributed by atoms with Gasteiger partial charge in [0.25, 0.3) is 5.91 Å². The SMILES string of the molecule is COC(=O)N1CCc2nc(NC(=O)c3ccc(C(C)(C)C)cc3)sc2C1. The summed E-state index contributed by atoms with van der Waals surface area (Å²) in [5, 5.41) is 3.43. The van der Waals surface area contributed by atoms with Gasteiger partial charge in [-0.05, 0) is 23.1 Å². The summed E-state index contributed by atoms with van der Waals surface area (Å²) in [6, 6.07) is 7.64. The number of benzene rings is 1. The van der Waals surface area contributed by atoms with Crippen molar-refractivity contribution in [3.8, 4) is 0 Å². The van der Waals surface area contributed by atoms with Crippen LogP contribution in [0.15, 0.2) is 24.3 Å². The summed E-state index contributed by atoms with van der Waals surface area (Å²) in [5.74, 6) is -0.179. The fourth-order valence-electron chi connectivity index (χ4n) is 2.82. The zero-order valence-corrected chi connectivity index (χ0v) is 16.3. The highest BCUT2D eigenvalue weighted by Gasteiger charge is 2.25. The lowest BCUT2D eigenvalue weighted by molar-refractivity contribution is 0.102. The average Bonchev–Trinajstić information content (AvgIpc) is 3.01. The number of hydrogen-bond acceptors (Lipinski definition) is 5. The second-order valence-corrected chi connectivity index (χ2v) is 8.40. The summed E-state index contributed by atoms with van der Waals surface area (Å²) >= 11 is 1.40. The third-order valence-corrected chi connectivity index (χ3v) is 5.40. The fraction of sp³-hybridized carbons (Fsp3) is 0.421. The van der Waals surface area contributed by atoms with E-state index in [9.17, 15) is 9.59 Å². The first-order valence-corrected chi connectivity index (χ1v) is 9.33. The van der Waals surface area contributed by atoms with Crippen molar-refractivity contribution >= 4 is 28.5 Å². The molecule has 0 saturated carbocycles. The van der Waals surface area contributed by atoms with Gasteiger partial charge in [0.15, 0.2) is 5.13 Å². The van der Waals surface area contributed by atoms with Crippen molar-refractivity contribution in [1.29, 1.82) is 0 Å². The van der Waals surface area contributed by atoms with Gasteiger partial charge in [-0.1, -0.05) is 44.2 Å². The van der Waals surface area contributed by atoms with Crippen molar-refractivity contribution in [2.45, 2.75) is 39.2 Å². The van der Waals surface area contributed by atoms with Crippen LogP contribution in [0.1, 0.15) is 47.3 Å². The summed E-state index contributed by atoms with van der Waals surface area (Å²) in [7, 11) is 1.38. The van der Waals surface area contributed by atoms with Crippen LogP contribution >= 0.6 is 11.3 Å². The van der Waals surface area contributed by atoms with E-state index in [1.807, 2.05) is 24.3 Å². The average molecular weight is 373 g/mol. The Bertz CT molecular complexity index is 822. The minimum Gasteiger partial charge on any atom is -0.453 e. The van der Waals surface area contributed by atoms with Crippen LogP contribution < -0.4 is 5.32 Å². The van der Waals surface area contributed by atoms with Crippen LogP contribution in [0.5, 0.6) is 0 Å². The van der Waals surface area contributed by atoms with Gasteiger partial charge in [0.05, 0.1) is 19.3 Å². The molecule has 0 radical (unpaired) electrons. The Hall–Kier alpha value is -2.41. The number of thiazole rings is 1. The molecule has 1 aliphatic heterocycles. The van der Waals surface area contributed by atoms with E-state index in [1.165, 1.54) is 24.0 Å². The monoisotopic (exact) mass is 373 g/mol.